The zero-order valence-electron chi connectivity index (χ0n) is 11.5. The first kappa shape index (κ1) is 13.0. The molecule has 0 radical (unpaired) electrons. The maximum atomic E-state index is 12.4. The van der Waals surface area contributed by atoms with Gasteiger partial charge >= 0.3 is 0 Å². The summed E-state index contributed by atoms with van der Waals surface area (Å²) < 4.78 is 0. The molecule has 1 aliphatic carbocycles. The number of carbonyl (C=O) groups is 1. The van der Waals surface area contributed by atoms with Gasteiger partial charge in [0.1, 0.15) is 0 Å². The van der Waals surface area contributed by atoms with Crippen LogP contribution in [0, 0.1) is 11.3 Å². The van der Waals surface area contributed by atoms with Gasteiger partial charge in [-0.15, -0.1) is 0 Å². The Balaban J connectivity index is 2.02. The standard InChI is InChI=1S/C16H20ClNO/c1-16(2)9-4-3-7-11(16)13-10-6-5-8-12(17)14(10)18-15(13)19/h5-6,8,11,13H,3-4,7,9H2,1-2H3,(H,18,19). The molecule has 1 N–H and O–H groups in total. The summed E-state index contributed by atoms with van der Waals surface area (Å²) in [6, 6.07) is 5.84. The van der Waals surface area contributed by atoms with Crippen LogP contribution in [-0.4, -0.2) is 5.91 Å². The molecule has 1 amide bonds. The second-order valence-electron chi connectivity index (χ2n) is 6.51. The zero-order chi connectivity index (χ0) is 13.6. The molecular weight excluding hydrogens is 258 g/mol. The summed E-state index contributed by atoms with van der Waals surface area (Å²) >= 11 is 6.20. The number of hydrogen-bond donors (Lipinski definition) is 1. The molecule has 3 heteroatoms. The number of anilines is 1. The van der Waals surface area contributed by atoms with Gasteiger partial charge in [-0.1, -0.05) is 50.4 Å². The summed E-state index contributed by atoms with van der Waals surface area (Å²) in [5.41, 5.74) is 2.16. The van der Waals surface area contributed by atoms with Crippen molar-refractivity contribution in [3.8, 4) is 0 Å². The van der Waals surface area contributed by atoms with Gasteiger partial charge in [0, 0.05) is 0 Å². The predicted octanol–water partition coefficient (Wildman–Crippen LogP) is 4.59. The third kappa shape index (κ3) is 2.06. The van der Waals surface area contributed by atoms with Gasteiger partial charge in [0.25, 0.3) is 0 Å². The number of rotatable bonds is 1. The fourth-order valence-electron chi connectivity index (χ4n) is 3.81. The van der Waals surface area contributed by atoms with Crippen molar-refractivity contribution in [2.24, 2.45) is 11.3 Å². The zero-order valence-corrected chi connectivity index (χ0v) is 12.3. The van der Waals surface area contributed by atoms with Crippen molar-refractivity contribution >= 4 is 23.2 Å². The predicted molar refractivity (Wildman–Crippen MR) is 78.6 cm³/mol. The van der Waals surface area contributed by atoms with Crippen molar-refractivity contribution < 1.29 is 4.79 Å². The maximum Gasteiger partial charge on any atom is 0.232 e. The van der Waals surface area contributed by atoms with E-state index < -0.39 is 0 Å². The van der Waals surface area contributed by atoms with Crippen molar-refractivity contribution in [1.29, 1.82) is 0 Å². The minimum Gasteiger partial charge on any atom is -0.324 e. The summed E-state index contributed by atoms with van der Waals surface area (Å²) in [4.78, 5) is 12.4. The molecule has 2 nitrogen and oxygen atoms in total. The van der Waals surface area contributed by atoms with E-state index in [4.69, 9.17) is 11.6 Å². The average Bonchev–Trinajstić information content (AvgIpc) is 2.67. The highest BCUT2D eigenvalue weighted by Crippen LogP contribution is 2.52. The van der Waals surface area contributed by atoms with Gasteiger partial charge in [0.05, 0.1) is 16.6 Å². The highest BCUT2D eigenvalue weighted by molar-refractivity contribution is 6.34. The van der Waals surface area contributed by atoms with Crippen LogP contribution in [0.2, 0.25) is 5.02 Å². The van der Waals surface area contributed by atoms with Crippen LogP contribution in [-0.2, 0) is 4.79 Å². The molecule has 0 spiro atoms. The van der Waals surface area contributed by atoms with Crippen molar-refractivity contribution in [2.45, 2.75) is 45.4 Å². The summed E-state index contributed by atoms with van der Waals surface area (Å²) in [6.07, 6.45) is 4.85. The molecule has 1 fully saturated rings. The fraction of sp³-hybridized carbons (Fsp3) is 0.562. The first-order valence-corrected chi connectivity index (χ1v) is 7.48. The topological polar surface area (TPSA) is 29.1 Å². The molecule has 19 heavy (non-hydrogen) atoms. The first-order valence-electron chi connectivity index (χ1n) is 7.10. The minimum absolute atomic E-state index is 0.0241. The Morgan fingerprint density at radius 3 is 2.84 bits per heavy atom. The van der Waals surface area contributed by atoms with E-state index in [0.29, 0.717) is 10.9 Å². The van der Waals surface area contributed by atoms with E-state index in [-0.39, 0.29) is 17.2 Å². The fourth-order valence-corrected chi connectivity index (χ4v) is 4.04. The van der Waals surface area contributed by atoms with Gasteiger partial charge in [-0.3, -0.25) is 4.79 Å². The molecule has 1 aromatic rings. The maximum absolute atomic E-state index is 12.4. The largest absolute Gasteiger partial charge is 0.324 e. The molecule has 1 saturated carbocycles. The van der Waals surface area contributed by atoms with Crippen LogP contribution in [0.1, 0.15) is 51.0 Å². The van der Waals surface area contributed by atoms with E-state index in [2.05, 4.69) is 25.2 Å². The lowest BCUT2D eigenvalue weighted by molar-refractivity contribution is -0.119. The molecule has 102 valence electrons. The van der Waals surface area contributed by atoms with Gasteiger partial charge in [-0.25, -0.2) is 0 Å². The molecule has 2 unspecified atom stereocenters. The van der Waals surface area contributed by atoms with Crippen LogP contribution in [0.5, 0.6) is 0 Å². The Bertz CT molecular complexity index is 523. The highest BCUT2D eigenvalue weighted by Gasteiger charge is 2.45. The molecule has 0 saturated heterocycles. The van der Waals surface area contributed by atoms with E-state index in [1.165, 1.54) is 19.3 Å². The highest BCUT2D eigenvalue weighted by atomic mass is 35.5. The summed E-state index contributed by atoms with van der Waals surface area (Å²) in [6.45, 7) is 4.60. The van der Waals surface area contributed by atoms with Gasteiger partial charge in [0.2, 0.25) is 5.91 Å². The molecule has 2 atom stereocenters. The van der Waals surface area contributed by atoms with E-state index in [0.717, 1.165) is 17.7 Å². The third-order valence-electron chi connectivity index (χ3n) is 4.90. The van der Waals surface area contributed by atoms with Gasteiger partial charge in [0.15, 0.2) is 0 Å². The number of amides is 1. The lowest BCUT2D eigenvalue weighted by Crippen LogP contribution is -2.35. The smallest absolute Gasteiger partial charge is 0.232 e. The Labute approximate surface area is 119 Å². The van der Waals surface area contributed by atoms with Crippen LogP contribution in [0.4, 0.5) is 5.69 Å². The molecule has 0 bridgehead atoms. The number of fused-ring (bicyclic) bond motifs is 1. The van der Waals surface area contributed by atoms with Crippen molar-refractivity contribution in [3.05, 3.63) is 28.8 Å². The van der Waals surface area contributed by atoms with Crippen molar-refractivity contribution in [2.75, 3.05) is 5.32 Å². The van der Waals surface area contributed by atoms with Gasteiger partial charge in [-0.2, -0.15) is 0 Å². The molecular formula is C16H20ClNO. The van der Waals surface area contributed by atoms with Crippen molar-refractivity contribution in [1.82, 2.24) is 0 Å². The second-order valence-corrected chi connectivity index (χ2v) is 6.92. The average molecular weight is 278 g/mol. The first-order chi connectivity index (χ1) is 9.00. The lowest BCUT2D eigenvalue weighted by atomic mass is 9.63. The lowest BCUT2D eigenvalue weighted by Gasteiger charge is -2.41. The number of benzene rings is 1. The van der Waals surface area contributed by atoms with E-state index >= 15 is 0 Å². The minimum atomic E-state index is -0.0241. The number of nitrogens with one attached hydrogen (secondary N) is 1. The molecule has 1 heterocycles. The van der Waals surface area contributed by atoms with E-state index in [9.17, 15) is 4.79 Å². The summed E-state index contributed by atoms with van der Waals surface area (Å²) in [7, 11) is 0. The third-order valence-corrected chi connectivity index (χ3v) is 5.22. The number of carbonyl (C=O) groups excluding carboxylic acids is 1. The van der Waals surface area contributed by atoms with Crippen LogP contribution in [0.15, 0.2) is 18.2 Å². The summed E-state index contributed by atoms with van der Waals surface area (Å²) in [5, 5.41) is 3.63. The van der Waals surface area contributed by atoms with E-state index in [1.807, 2.05) is 12.1 Å². The number of halogens is 1. The van der Waals surface area contributed by atoms with E-state index in [1.54, 1.807) is 0 Å². The second kappa shape index (κ2) is 4.52. The number of para-hydroxylation sites is 1. The summed E-state index contributed by atoms with van der Waals surface area (Å²) in [5.74, 6) is 0.521. The Morgan fingerprint density at radius 2 is 2.11 bits per heavy atom. The van der Waals surface area contributed by atoms with Crippen LogP contribution >= 0.6 is 11.6 Å². The monoisotopic (exact) mass is 277 g/mol. The SMILES string of the molecule is CC1(C)CCCCC1C1C(=O)Nc2c(Cl)cccc21. The van der Waals surface area contributed by atoms with Crippen molar-refractivity contribution in [3.63, 3.8) is 0 Å². The quantitative estimate of drug-likeness (QED) is 0.799. The number of hydrogen-bond acceptors (Lipinski definition) is 1. The van der Waals surface area contributed by atoms with Crippen LogP contribution in [0.3, 0.4) is 0 Å². The Hall–Kier alpha value is -1.02. The van der Waals surface area contributed by atoms with Gasteiger partial charge < -0.3 is 5.32 Å². The Kier molecular flexibility index (Phi) is 3.09. The molecule has 3 rings (SSSR count). The van der Waals surface area contributed by atoms with Gasteiger partial charge in [-0.05, 0) is 35.8 Å². The molecule has 2 aliphatic rings. The Morgan fingerprint density at radius 1 is 1.32 bits per heavy atom. The normalized spacial score (nSPS) is 28.9. The molecule has 1 aromatic carbocycles. The molecule has 1 aliphatic heterocycles. The molecule has 0 aromatic heterocycles. The van der Waals surface area contributed by atoms with Crippen LogP contribution in [0.25, 0.3) is 0 Å². The van der Waals surface area contributed by atoms with Crippen LogP contribution < -0.4 is 5.32 Å².